The van der Waals surface area contributed by atoms with Gasteiger partial charge in [0.05, 0.1) is 0 Å². The van der Waals surface area contributed by atoms with E-state index in [1.165, 1.54) is 5.56 Å². The molecular weight excluding hydrogens is 376 g/mol. The Morgan fingerprint density at radius 2 is 1.77 bits per heavy atom. The molecule has 1 N–H and O–H groups in total. The van der Waals surface area contributed by atoms with Crippen LogP contribution in [0.2, 0.25) is 0 Å². The van der Waals surface area contributed by atoms with Gasteiger partial charge in [0, 0.05) is 17.8 Å². The van der Waals surface area contributed by atoms with Crippen LogP contribution < -0.4 is 5.32 Å². The highest BCUT2D eigenvalue weighted by Gasteiger charge is 2.16. The molecule has 0 aliphatic rings. The molecule has 0 spiro atoms. The zero-order valence-electron chi connectivity index (χ0n) is 16.9. The van der Waals surface area contributed by atoms with E-state index < -0.39 is 0 Å². The maximum Gasteiger partial charge on any atom is 0.274 e. The van der Waals surface area contributed by atoms with Crippen molar-refractivity contribution in [1.29, 1.82) is 0 Å². The number of benzene rings is 2. The number of aromatic nitrogens is 3. The summed E-state index contributed by atoms with van der Waals surface area (Å²) in [5, 5.41) is 7.14. The molecule has 1 amide bonds. The minimum absolute atomic E-state index is 0.0455. The first-order chi connectivity index (χ1) is 14.7. The number of carbonyl (C=O) groups is 1. The van der Waals surface area contributed by atoms with Crippen LogP contribution in [0.4, 0.5) is 0 Å². The van der Waals surface area contributed by atoms with Crippen LogP contribution in [-0.4, -0.2) is 26.7 Å². The molecular formula is C24H24N4O2. The minimum Gasteiger partial charge on any atom is -0.352 e. The Morgan fingerprint density at radius 1 is 1.03 bits per heavy atom. The minimum atomic E-state index is -0.0455. The third-order valence-corrected chi connectivity index (χ3v) is 4.94. The molecule has 2 aromatic carbocycles. The van der Waals surface area contributed by atoms with E-state index in [2.05, 4.69) is 27.6 Å². The molecule has 0 bridgehead atoms. The van der Waals surface area contributed by atoms with E-state index in [0.717, 1.165) is 24.1 Å². The Labute approximate surface area is 175 Å². The van der Waals surface area contributed by atoms with Crippen molar-refractivity contribution in [3.05, 3.63) is 84.6 Å². The van der Waals surface area contributed by atoms with E-state index in [-0.39, 0.29) is 18.5 Å². The van der Waals surface area contributed by atoms with E-state index in [1.807, 2.05) is 78.4 Å². The summed E-state index contributed by atoms with van der Waals surface area (Å²) in [6, 6.07) is 23.8. The molecule has 0 saturated carbocycles. The van der Waals surface area contributed by atoms with Crippen molar-refractivity contribution in [2.75, 3.05) is 0 Å². The maximum atomic E-state index is 12.5. The van der Waals surface area contributed by atoms with Gasteiger partial charge in [-0.1, -0.05) is 65.8 Å². The summed E-state index contributed by atoms with van der Waals surface area (Å²) >= 11 is 0. The Kier molecular flexibility index (Phi) is 6.03. The lowest BCUT2D eigenvalue weighted by atomic mass is 10.1. The van der Waals surface area contributed by atoms with Gasteiger partial charge in [0.15, 0.2) is 0 Å². The predicted octanol–water partition coefficient (Wildman–Crippen LogP) is 4.34. The fourth-order valence-electron chi connectivity index (χ4n) is 3.35. The van der Waals surface area contributed by atoms with Gasteiger partial charge in [-0.05, 0) is 37.5 Å². The summed E-state index contributed by atoms with van der Waals surface area (Å²) < 4.78 is 7.26. The van der Waals surface area contributed by atoms with Crippen molar-refractivity contribution in [3.8, 4) is 23.0 Å². The number of hydrogen-bond donors (Lipinski definition) is 1. The Morgan fingerprint density at radius 3 is 2.53 bits per heavy atom. The van der Waals surface area contributed by atoms with Crippen molar-refractivity contribution < 1.29 is 9.32 Å². The standard InChI is InChI=1S/C24H24N4O2/c1-18(14-15-19-9-4-2-5-10-19)25-22(29)17-28-16-8-13-21(28)24-26-23(27-30-24)20-11-6-3-7-12-20/h2-13,16,18H,14-15,17H2,1H3,(H,25,29)/t18-/m0/s1. The van der Waals surface area contributed by atoms with Crippen molar-refractivity contribution in [3.63, 3.8) is 0 Å². The summed E-state index contributed by atoms with van der Waals surface area (Å²) in [6.45, 7) is 2.22. The highest BCUT2D eigenvalue weighted by molar-refractivity contribution is 5.76. The summed E-state index contributed by atoms with van der Waals surface area (Å²) in [5.41, 5.74) is 2.88. The molecule has 4 aromatic rings. The highest BCUT2D eigenvalue weighted by Crippen LogP contribution is 2.22. The van der Waals surface area contributed by atoms with Gasteiger partial charge in [0.1, 0.15) is 12.2 Å². The van der Waals surface area contributed by atoms with Crippen LogP contribution in [0.5, 0.6) is 0 Å². The van der Waals surface area contributed by atoms with Crippen LogP contribution in [0.15, 0.2) is 83.5 Å². The van der Waals surface area contributed by atoms with Gasteiger partial charge in [-0.3, -0.25) is 4.79 Å². The van der Waals surface area contributed by atoms with E-state index >= 15 is 0 Å². The van der Waals surface area contributed by atoms with Crippen LogP contribution >= 0.6 is 0 Å². The average Bonchev–Trinajstić information content (AvgIpc) is 3.43. The summed E-state index contributed by atoms with van der Waals surface area (Å²) in [6.07, 6.45) is 3.66. The molecule has 6 nitrogen and oxygen atoms in total. The maximum absolute atomic E-state index is 12.5. The molecule has 4 rings (SSSR count). The first-order valence-corrected chi connectivity index (χ1v) is 10.1. The van der Waals surface area contributed by atoms with Gasteiger partial charge in [-0.25, -0.2) is 0 Å². The first-order valence-electron chi connectivity index (χ1n) is 10.1. The Bertz CT molecular complexity index is 1090. The zero-order chi connectivity index (χ0) is 20.8. The Hall–Kier alpha value is -3.67. The van der Waals surface area contributed by atoms with Crippen LogP contribution in [0.1, 0.15) is 18.9 Å². The highest BCUT2D eigenvalue weighted by atomic mass is 16.5. The third kappa shape index (κ3) is 4.84. The molecule has 0 fully saturated rings. The van der Waals surface area contributed by atoms with Crippen LogP contribution in [0.3, 0.4) is 0 Å². The van der Waals surface area contributed by atoms with Crippen molar-refractivity contribution in [2.24, 2.45) is 0 Å². The fraction of sp³-hybridized carbons (Fsp3) is 0.208. The number of rotatable bonds is 8. The van der Waals surface area contributed by atoms with E-state index in [9.17, 15) is 4.79 Å². The van der Waals surface area contributed by atoms with Crippen LogP contribution in [-0.2, 0) is 17.8 Å². The van der Waals surface area contributed by atoms with Crippen molar-refractivity contribution in [1.82, 2.24) is 20.0 Å². The second kappa shape index (κ2) is 9.22. The molecule has 0 saturated heterocycles. The second-order valence-corrected chi connectivity index (χ2v) is 7.30. The molecule has 0 unspecified atom stereocenters. The second-order valence-electron chi connectivity index (χ2n) is 7.30. The topological polar surface area (TPSA) is 73.0 Å². The lowest BCUT2D eigenvalue weighted by molar-refractivity contribution is -0.122. The number of nitrogens with zero attached hydrogens (tertiary/aromatic N) is 3. The number of amides is 1. The van der Waals surface area contributed by atoms with Gasteiger partial charge in [0.25, 0.3) is 5.89 Å². The largest absolute Gasteiger partial charge is 0.352 e. The zero-order valence-corrected chi connectivity index (χ0v) is 16.9. The van der Waals surface area contributed by atoms with Gasteiger partial charge >= 0.3 is 0 Å². The number of carbonyl (C=O) groups excluding carboxylic acids is 1. The Balaban J connectivity index is 1.36. The molecule has 1 atom stereocenters. The van der Waals surface area contributed by atoms with Gasteiger partial charge < -0.3 is 14.4 Å². The fourth-order valence-corrected chi connectivity index (χ4v) is 3.35. The molecule has 0 radical (unpaired) electrons. The predicted molar refractivity (Wildman–Crippen MR) is 116 cm³/mol. The third-order valence-electron chi connectivity index (χ3n) is 4.94. The van der Waals surface area contributed by atoms with Crippen molar-refractivity contribution >= 4 is 5.91 Å². The lowest BCUT2D eigenvalue weighted by Gasteiger charge is -2.15. The van der Waals surface area contributed by atoms with Gasteiger partial charge in [-0.15, -0.1) is 0 Å². The van der Waals surface area contributed by atoms with E-state index in [4.69, 9.17) is 4.52 Å². The quantitative estimate of drug-likeness (QED) is 0.477. The number of nitrogens with one attached hydrogen (secondary N) is 1. The summed E-state index contributed by atoms with van der Waals surface area (Å²) in [7, 11) is 0. The molecule has 0 aliphatic heterocycles. The van der Waals surface area contributed by atoms with Crippen LogP contribution in [0.25, 0.3) is 23.0 Å². The molecule has 152 valence electrons. The summed E-state index contributed by atoms with van der Waals surface area (Å²) in [4.78, 5) is 17.0. The normalized spacial score (nSPS) is 11.9. The first kappa shape index (κ1) is 19.6. The van der Waals surface area contributed by atoms with Gasteiger partial charge in [-0.2, -0.15) is 4.98 Å². The molecule has 2 heterocycles. The van der Waals surface area contributed by atoms with Crippen molar-refractivity contribution in [2.45, 2.75) is 32.4 Å². The van der Waals surface area contributed by atoms with Gasteiger partial charge in [0.2, 0.25) is 11.7 Å². The average molecular weight is 400 g/mol. The monoisotopic (exact) mass is 400 g/mol. The smallest absolute Gasteiger partial charge is 0.274 e. The lowest BCUT2D eigenvalue weighted by Crippen LogP contribution is -2.35. The SMILES string of the molecule is C[C@@H](CCc1ccccc1)NC(=O)Cn1cccc1-c1nc(-c2ccccc2)no1. The molecule has 30 heavy (non-hydrogen) atoms. The summed E-state index contributed by atoms with van der Waals surface area (Å²) in [5.74, 6) is 0.872. The molecule has 0 aliphatic carbocycles. The van der Waals surface area contributed by atoms with Crippen LogP contribution in [0, 0.1) is 0 Å². The number of aryl methyl sites for hydroxylation is 1. The number of hydrogen-bond acceptors (Lipinski definition) is 4. The molecule has 6 heteroatoms. The van der Waals surface area contributed by atoms with E-state index in [0.29, 0.717) is 11.7 Å². The van der Waals surface area contributed by atoms with E-state index in [1.54, 1.807) is 0 Å². The molecule has 2 aromatic heterocycles.